The smallest absolute Gasteiger partial charge is 0.328 e. The van der Waals surface area contributed by atoms with Gasteiger partial charge in [0.15, 0.2) is 0 Å². The van der Waals surface area contributed by atoms with Crippen molar-refractivity contribution in [2.75, 3.05) is 5.32 Å². The first-order valence-corrected chi connectivity index (χ1v) is 9.45. The molecule has 0 spiro atoms. The normalized spacial score (nSPS) is 11.5. The molecule has 0 radical (unpaired) electrons. The van der Waals surface area contributed by atoms with Crippen LogP contribution in [0.4, 0.5) is 5.69 Å². The van der Waals surface area contributed by atoms with Crippen LogP contribution in [-0.4, -0.2) is 12.0 Å². The van der Waals surface area contributed by atoms with Crippen molar-refractivity contribution in [1.82, 2.24) is 0 Å². The number of nitrogens with one attached hydrogen (secondary N) is 1. The van der Waals surface area contributed by atoms with E-state index in [0.29, 0.717) is 12.2 Å². The number of para-hydroxylation sites is 1. The van der Waals surface area contributed by atoms with Crippen molar-refractivity contribution in [2.24, 2.45) is 0 Å². The first-order chi connectivity index (χ1) is 13.6. The maximum Gasteiger partial charge on any atom is 0.328 e. The number of anilines is 1. The summed E-state index contributed by atoms with van der Waals surface area (Å²) in [4.78, 5) is 12.5. The summed E-state index contributed by atoms with van der Waals surface area (Å²) in [6.45, 7) is 4.20. The average Bonchev–Trinajstić information content (AvgIpc) is 2.72. The summed E-state index contributed by atoms with van der Waals surface area (Å²) in [7, 11) is 0. The first kappa shape index (κ1) is 19.5. The van der Waals surface area contributed by atoms with Gasteiger partial charge in [0, 0.05) is 5.69 Å². The molecule has 1 N–H and O–H groups in total. The van der Waals surface area contributed by atoms with Gasteiger partial charge in [-0.1, -0.05) is 55.0 Å². The van der Waals surface area contributed by atoms with E-state index in [4.69, 9.17) is 9.47 Å². The van der Waals surface area contributed by atoms with Crippen molar-refractivity contribution >= 4 is 11.7 Å². The fourth-order valence-corrected chi connectivity index (χ4v) is 2.76. The minimum atomic E-state index is -0.383. The van der Waals surface area contributed by atoms with E-state index in [0.717, 1.165) is 17.0 Å². The van der Waals surface area contributed by atoms with Crippen LogP contribution in [-0.2, 0) is 16.1 Å². The quantitative estimate of drug-likeness (QED) is 0.512. The molecule has 0 aliphatic rings. The molecule has 0 amide bonds. The lowest BCUT2D eigenvalue weighted by molar-refractivity contribution is -0.145. The Labute approximate surface area is 166 Å². The standard InChI is InChI=1S/C24H25NO3/c1-3-23(25-20-14-12-18(2)13-15-20)24(26)27-17-19-8-7-11-22(16-19)28-21-9-5-4-6-10-21/h4-16,23,25H,3,17H2,1-2H3. The van der Waals surface area contributed by atoms with Crippen molar-refractivity contribution in [3.63, 3.8) is 0 Å². The van der Waals surface area contributed by atoms with Gasteiger partial charge in [-0.25, -0.2) is 4.79 Å². The molecule has 3 rings (SSSR count). The van der Waals surface area contributed by atoms with Gasteiger partial charge in [0.2, 0.25) is 0 Å². The van der Waals surface area contributed by atoms with Gasteiger partial charge < -0.3 is 14.8 Å². The Hall–Kier alpha value is -3.27. The number of benzene rings is 3. The van der Waals surface area contributed by atoms with Gasteiger partial charge in [0.1, 0.15) is 24.1 Å². The predicted octanol–water partition coefficient (Wildman–Crippen LogP) is 5.72. The lowest BCUT2D eigenvalue weighted by Gasteiger charge is -2.17. The molecule has 3 aromatic carbocycles. The molecule has 28 heavy (non-hydrogen) atoms. The number of aryl methyl sites for hydroxylation is 1. The number of hydrogen-bond donors (Lipinski definition) is 1. The van der Waals surface area contributed by atoms with Crippen molar-refractivity contribution in [3.05, 3.63) is 90.0 Å². The average molecular weight is 375 g/mol. The highest BCUT2D eigenvalue weighted by Crippen LogP contribution is 2.22. The van der Waals surface area contributed by atoms with E-state index in [2.05, 4.69) is 5.32 Å². The Morgan fingerprint density at radius 3 is 2.36 bits per heavy atom. The Morgan fingerprint density at radius 2 is 1.64 bits per heavy atom. The minimum absolute atomic E-state index is 0.205. The first-order valence-electron chi connectivity index (χ1n) is 9.45. The molecular weight excluding hydrogens is 350 g/mol. The van der Waals surface area contributed by atoms with E-state index in [9.17, 15) is 4.79 Å². The maximum absolute atomic E-state index is 12.5. The molecule has 4 heteroatoms. The molecule has 0 bridgehead atoms. The van der Waals surface area contributed by atoms with Crippen LogP contribution in [0, 0.1) is 6.92 Å². The molecule has 3 aromatic rings. The topological polar surface area (TPSA) is 47.6 Å². The zero-order valence-electron chi connectivity index (χ0n) is 16.2. The van der Waals surface area contributed by atoms with Crippen molar-refractivity contribution in [2.45, 2.75) is 32.9 Å². The number of rotatable bonds is 8. The lowest BCUT2D eigenvalue weighted by Crippen LogP contribution is -2.30. The van der Waals surface area contributed by atoms with E-state index in [1.165, 1.54) is 5.56 Å². The molecule has 1 unspecified atom stereocenters. The van der Waals surface area contributed by atoms with Gasteiger partial charge in [0.05, 0.1) is 0 Å². The van der Waals surface area contributed by atoms with E-state index in [1.54, 1.807) is 0 Å². The fourth-order valence-electron chi connectivity index (χ4n) is 2.76. The summed E-state index contributed by atoms with van der Waals surface area (Å²) in [6, 6.07) is 24.7. The minimum Gasteiger partial charge on any atom is -0.459 e. The monoisotopic (exact) mass is 375 g/mol. The van der Waals surface area contributed by atoms with Crippen molar-refractivity contribution in [3.8, 4) is 11.5 Å². The molecule has 1 atom stereocenters. The summed E-state index contributed by atoms with van der Waals surface area (Å²) in [6.07, 6.45) is 0.643. The van der Waals surface area contributed by atoms with Crippen LogP contribution in [0.1, 0.15) is 24.5 Å². The highest BCUT2D eigenvalue weighted by Gasteiger charge is 2.18. The van der Waals surface area contributed by atoms with Crippen LogP contribution in [0.2, 0.25) is 0 Å². The third-order valence-corrected chi connectivity index (χ3v) is 4.34. The number of esters is 1. The number of carbonyl (C=O) groups is 1. The fraction of sp³-hybridized carbons (Fsp3) is 0.208. The predicted molar refractivity (Wildman–Crippen MR) is 112 cm³/mol. The molecule has 0 fully saturated rings. The highest BCUT2D eigenvalue weighted by molar-refractivity contribution is 5.79. The molecule has 0 aliphatic carbocycles. The van der Waals surface area contributed by atoms with E-state index >= 15 is 0 Å². The van der Waals surface area contributed by atoms with Crippen LogP contribution in [0.25, 0.3) is 0 Å². The summed E-state index contributed by atoms with van der Waals surface area (Å²) in [5.41, 5.74) is 2.97. The van der Waals surface area contributed by atoms with Crippen LogP contribution in [0.5, 0.6) is 11.5 Å². The second-order valence-electron chi connectivity index (χ2n) is 6.64. The van der Waals surface area contributed by atoms with Gasteiger partial charge in [-0.05, 0) is 55.3 Å². The SMILES string of the molecule is CCC(Nc1ccc(C)cc1)C(=O)OCc1cccc(Oc2ccccc2)c1. The van der Waals surface area contributed by atoms with E-state index < -0.39 is 0 Å². The zero-order valence-corrected chi connectivity index (χ0v) is 16.2. The summed E-state index contributed by atoms with van der Waals surface area (Å²) in [5, 5.41) is 3.24. The van der Waals surface area contributed by atoms with Gasteiger partial charge in [0.25, 0.3) is 0 Å². The number of ether oxygens (including phenoxy) is 2. The molecule has 0 aromatic heterocycles. The molecule has 4 nitrogen and oxygen atoms in total. The summed E-state index contributed by atoms with van der Waals surface area (Å²) in [5.74, 6) is 1.21. The Balaban J connectivity index is 1.57. The zero-order chi connectivity index (χ0) is 19.8. The second-order valence-corrected chi connectivity index (χ2v) is 6.64. The molecule has 0 heterocycles. The lowest BCUT2D eigenvalue weighted by atomic mass is 10.2. The second kappa shape index (κ2) is 9.60. The molecule has 0 saturated carbocycles. The van der Waals surface area contributed by atoms with Crippen molar-refractivity contribution in [1.29, 1.82) is 0 Å². The van der Waals surface area contributed by atoms with Gasteiger partial charge >= 0.3 is 5.97 Å². The van der Waals surface area contributed by atoms with Crippen LogP contribution >= 0.6 is 0 Å². The maximum atomic E-state index is 12.5. The number of carbonyl (C=O) groups excluding carboxylic acids is 1. The van der Waals surface area contributed by atoms with Crippen LogP contribution in [0.15, 0.2) is 78.9 Å². The molecular formula is C24H25NO3. The summed E-state index contributed by atoms with van der Waals surface area (Å²) < 4.78 is 11.4. The van der Waals surface area contributed by atoms with Gasteiger partial charge in [-0.15, -0.1) is 0 Å². The molecule has 0 saturated heterocycles. The third-order valence-electron chi connectivity index (χ3n) is 4.34. The van der Waals surface area contributed by atoms with Gasteiger partial charge in [-0.3, -0.25) is 0 Å². The van der Waals surface area contributed by atoms with Crippen LogP contribution < -0.4 is 10.1 Å². The van der Waals surface area contributed by atoms with Crippen LogP contribution in [0.3, 0.4) is 0 Å². The Morgan fingerprint density at radius 1 is 0.929 bits per heavy atom. The van der Waals surface area contributed by atoms with Crippen molar-refractivity contribution < 1.29 is 14.3 Å². The van der Waals surface area contributed by atoms with Gasteiger partial charge in [-0.2, -0.15) is 0 Å². The Bertz CT molecular complexity index is 891. The highest BCUT2D eigenvalue weighted by atomic mass is 16.5. The summed E-state index contributed by atoms with van der Waals surface area (Å²) >= 11 is 0. The third kappa shape index (κ3) is 5.61. The Kier molecular flexibility index (Phi) is 6.68. The number of hydrogen-bond acceptors (Lipinski definition) is 4. The van der Waals surface area contributed by atoms with E-state index in [-0.39, 0.29) is 18.6 Å². The molecule has 0 aliphatic heterocycles. The largest absolute Gasteiger partial charge is 0.459 e. The molecule has 144 valence electrons. The van der Waals surface area contributed by atoms with E-state index in [1.807, 2.05) is 92.7 Å².